The molecule has 3 N–H and O–H groups in total. The maximum Gasteiger partial charge on any atom is 0.240 e. The number of thiazole rings is 1. The number of nitrogens with zero attached hydrogens (tertiary/aromatic N) is 2. The maximum atomic E-state index is 12.3. The molecule has 2 aromatic rings. The SMILES string of the molecule is CC.CCNC(C(=O)N1CCC(O)C1)C(C)(C)C.Cc1ncsc1-c1ccc(CNC=O)cc1. The molecule has 0 saturated carbocycles. The maximum absolute atomic E-state index is 12.3. The molecule has 190 valence electrons. The fraction of sp³-hybridized carbons (Fsp3) is 0.577. The number of aryl methyl sites for hydroxylation is 1. The van der Waals surface area contributed by atoms with Gasteiger partial charge in [-0.1, -0.05) is 65.8 Å². The third kappa shape index (κ3) is 9.16. The lowest BCUT2D eigenvalue weighted by Gasteiger charge is -2.33. The van der Waals surface area contributed by atoms with Gasteiger partial charge in [-0.2, -0.15) is 0 Å². The van der Waals surface area contributed by atoms with E-state index in [0.717, 1.165) is 17.8 Å². The largest absolute Gasteiger partial charge is 0.391 e. The number of nitrogens with one attached hydrogen (secondary N) is 2. The van der Waals surface area contributed by atoms with E-state index in [2.05, 4.69) is 48.5 Å². The fourth-order valence-electron chi connectivity index (χ4n) is 3.61. The zero-order chi connectivity index (χ0) is 25.7. The molecule has 1 aliphatic heterocycles. The first-order chi connectivity index (χ1) is 16.2. The van der Waals surface area contributed by atoms with Gasteiger partial charge in [-0.15, -0.1) is 11.3 Å². The number of carbonyl (C=O) groups is 2. The second-order valence-electron chi connectivity index (χ2n) is 9.05. The van der Waals surface area contributed by atoms with Crippen molar-refractivity contribution >= 4 is 23.7 Å². The van der Waals surface area contributed by atoms with Gasteiger partial charge in [0.2, 0.25) is 12.3 Å². The standard InChI is InChI=1S/C12H24N2O2.C12H12N2OS.C2H6/c1-5-13-10(12(2,3)4)11(16)14-7-6-9(15)8-14;1-9-12(16-8-14-9)11-4-2-10(3-5-11)6-13-7-15;1-2/h9-10,13,15H,5-8H2,1-4H3;2-5,7-8H,6H2,1H3,(H,13,15);1-2H3. The molecule has 1 aromatic heterocycles. The van der Waals surface area contributed by atoms with Gasteiger partial charge in [0.25, 0.3) is 0 Å². The predicted octanol–water partition coefficient (Wildman–Crippen LogP) is 3.99. The summed E-state index contributed by atoms with van der Waals surface area (Å²) in [4.78, 5) is 29.6. The molecule has 0 spiro atoms. The Morgan fingerprint density at radius 1 is 1.29 bits per heavy atom. The number of likely N-dealkylation sites (N-methyl/N-ethyl adjacent to an activating group) is 1. The van der Waals surface area contributed by atoms with E-state index in [9.17, 15) is 14.7 Å². The Morgan fingerprint density at radius 2 is 1.94 bits per heavy atom. The second kappa shape index (κ2) is 14.9. The van der Waals surface area contributed by atoms with E-state index < -0.39 is 0 Å². The van der Waals surface area contributed by atoms with Gasteiger partial charge >= 0.3 is 0 Å². The number of aromatic nitrogens is 1. The van der Waals surface area contributed by atoms with E-state index >= 15 is 0 Å². The van der Waals surface area contributed by atoms with Crippen LogP contribution in [-0.2, 0) is 16.1 Å². The molecule has 7 nitrogen and oxygen atoms in total. The Kier molecular flexibility index (Phi) is 13.0. The van der Waals surface area contributed by atoms with Crippen molar-refractivity contribution in [1.29, 1.82) is 0 Å². The lowest BCUT2D eigenvalue weighted by atomic mass is 9.86. The smallest absolute Gasteiger partial charge is 0.240 e. The van der Waals surface area contributed by atoms with E-state index in [0.29, 0.717) is 32.5 Å². The van der Waals surface area contributed by atoms with Gasteiger partial charge in [-0.3, -0.25) is 9.59 Å². The van der Waals surface area contributed by atoms with Gasteiger partial charge in [-0.25, -0.2) is 4.98 Å². The summed E-state index contributed by atoms with van der Waals surface area (Å²) in [7, 11) is 0. The van der Waals surface area contributed by atoms with Crippen molar-refractivity contribution < 1.29 is 14.7 Å². The molecule has 1 saturated heterocycles. The number of hydrogen-bond donors (Lipinski definition) is 3. The van der Waals surface area contributed by atoms with Gasteiger partial charge in [0, 0.05) is 19.6 Å². The summed E-state index contributed by atoms with van der Waals surface area (Å²) in [6.07, 6.45) is 1.07. The quantitative estimate of drug-likeness (QED) is 0.510. The Hall–Kier alpha value is -2.29. The van der Waals surface area contributed by atoms with Crippen LogP contribution in [0, 0.1) is 12.3 Å². The molecule has 2 amide bonds. The number of benzene rings is 1. The van der Waals surface area contributed by atoms with E-state index in [1.54, 1.807) is 16.2 Å². The molecule has 2 heterocycles. The van der Waals surface area contributed by atoms with Crippen LogP contribution in [-0.4, -0.2) is 59.1 Å². The van der Waals surface area contributed by atoms with E-state index in [4.69, 9.17) is 0 Å². The lowest BCUT2D eigenvalue weighted by molar-refractivity contribution is -0.135. The Morgan fingerprint density at radius 3 is 2.38 bits per heavy atom. The molecular formula is C26H42N4O3S. The molecule has 0 aliphatic carbocycles. The van der Waals surface area contributed by atoms with Crippen molar-refractivity contribution in [2.24, 2.45) is 5.41 Å². The monoisotopic (exact) mass is 490 g/mol. The van der Waals surface area contributed by atoms with E-state index in [1.165, 1.54) is 10.4 Å². The number of aliphatic hydroxyl groups is 1. The van der Waals surface area contributed by atoms with Crippen LogP contribution in [0.5, 0.6) is 0 Å². The number of amides is 2. The van der Waals surface area contributed by atoms with Gasteiger partial charge in [0.05, 0.1) is 28.2 Å². The van der Waals surface area contributed by atoms with Crippen molar-refractivity contribution in [2.45, 2.75) is 73.6 Å². The lowest BCUT2D eigenvalue weighted by Crippen LogP contribution is -2.52. The number of likely N-dealkylation sites (tertiary alicyclic amines) is 1. The normalized spacial score (nSPS) is 16.0. The summed E-state index contributed by atoms with van der Waals surface area (Å²) in [5.74, 6) is 0.117. The van der Waals surface area contributed by atoms with E-state index in [-0.39, 0.29) is 23.5 Å². The van der Waals surface area contributed by atoms with Gasteiger partial charge in [0.15, 0.2) is 0 Å². The van der Waals surface area contributed by atoms with Crippen molar-refractivity contribution in [2.75, 3.05) is 19.6 Å². The number of carbonyl (C=O) groups excluding carboxylic acids is 2. The Balaban J connectivity index is 0.000000317. The topological polar surface area (TPSA) is 94.6 Å². The number of aliphatic hydroxyl groups excluding tert-OH is 1. The van der Waals surface area contributed by atoms with Crippen molar-refractivity contribution in [3.8, 4) is 10.4 Å². The summed E-state index contributed by atoms with van der Waals surface area (Å²) in [5, 5.41) is 15.3. The van der Waals surface area contributed by atoms with Crippen LogP contribution in [0.15, 0.2) is 29.8 Å². The molecule has 2 atom stereocenters. The van der Waals surface area contributed by atoms with Crippen molar-refractivity contribution in [3.05, 3.63) is 41.0 Å². The third-order valence-corrected chi connectivity index (χ3v) is 6.33. The number of rotatable bonds is 7. The third-order valence-electron chi connectivity index (χ3n) is 5.35. The van der Waals surface area contributed by atoms with Gasteiger partial charge < -0.3 is 20.6 Å². The number of β-amino-alcohol motifs (C(OH)–C–C–N with tert-alkyl or cyclic N) is 1. The summed E-state index contributed by atoms with van der Waals surface area (Å²) in [6.45, 7) is 16.7. The van der Waals surface area contributed by atoms with Crippen molar-refractivity contribution in [1.82, 2.24) is 20.5 Å². The molecule has 0 bridgehead atoms. The fourth-order valence-corrected chi connectivity index (χ4v) is 4.42. The van der Waals surface area contributed by atoms with Crippen molar-refractivity contribution in [3.63, 3.8) is 0 Å². The highest BCUT2D eigenvalue weighted by atomic mass is 32.1. The molecule has 0 radical (unpaired) electrons. The average molecular weight is 491 g/mol. The van der Waals surface area contributed by atoms with Crippen LogP contribution in [0.2, 0.25) is 0 Å². The van der Waals surface area contributed by atoms with Gasteiger partial charge in [-0.05, 0) is 36.4 Å². The molecule has 1 aromatic carbocycles. The van der Waals surface area contributed by atoms with Gasteiger partial charge in [0.1, 0.15) is 0 Å². The minimum atomic E-state index is -0.341. The molecule has 3 rings (SSSR count). The van der Waals surface area contributed by atoms with Crippen LogP contribution < -0.4 is 10.6 Å². The highest BCUT2D eigenvalue weighted by Gasteiger charge is 2.36. The summed E-state index contributed by atoms with van der Waals surface area (Å²) >= 11 is 1.64. The second-order valence-corrected chi connectivity index (χ2v) is 9.90. The molecule has 1 fully saturated rings. The molecule has 8 heteroatoms. The first kappa shape index (κ1) is 29.7. The minimum Gasteiger partial charge on any atom is -0.391 e. The first-order valence-corrected chi connectivity index (χ1v) is 12.9. The zero-order valence-corrected chi connectivity index (χ0v) is 22.5. The van der Waals surface area contributed by atoms with Crippen LogP contribution in [0.25, 0.3) is 10.4 Å². The highest BCUT2D eigenvalue weighted by molar-refractivity contribution is 7.13. The zero-order valence-electron chi connectivity index (χ0n) is 21.7. The predicted molar refractivity (Wildman–Crippen MR) is 141 cm³/mol. The average Bonchev–Trinajstić information content (AvgIpc) is 3.45. The Labute approximate surface area is 209 Å². The molecular weight excluding hydrogens is 448 g/mol. The Bertz CT molecular complexity index is 862. The molecule has 1 aliphatic rings. The molecule has 2 unspecified atom stereocenters. The highest BCUT2D eigenvalue weighted by Crippen LogP contribution is 2.27. The van der Waals surface area contributed by atoms with Crippen LogP contribution in [0.1, 0.15) is 59.2 Å². The van der Waals surface area contributed by atoms with E-state index in [1.807, 2.05) is 45.3 Å². The summed E-state index contributed by atoms with van der Waals surface area (Å²) < 4.78 is 0. The number of hydrogen-bond acceptors (Lipinski definition) is 6. The van der Waals surface area contributed by atoms with Crippen LogP contribution in [0.3, 0.4) is 0 Å². The first-order valence-electron chi connectivity index (χ1n) is 12.0. The minimum absolute atomic E-state index is 0.0966. The van der Waals surface area contributed by atoms with Crippen LogP contribution in [0.4, 0.5) is 0 Å². The van der Waals surface area contributed by atoms with Crippen LogP contribution >= 0.6 is 11.3 Å². The molecule has 34 heavy (non-hydrogen) atoms. The summed E-state index contributed by atoms with van der Waals surface area (Å²) in [6, 6.07) is 7.99. The summed E-state index contributed by atoms with van der Waals surface area (Å²) in [5.41, 5.74) is 5.09.